The van der Waals surface area contributed by atoms with E-state index in [0.29, 0.717) is 0 Å². The summed E-state index contributed by atoms with van der Waals surface area (Å²) in [4.78, 5) is 30.5. The molecule has 10 heteroatoms. The average molecular weight is 282 g/mol. The average Bonchev–Trinajstić information content (AvgIpc) is 2.35. The monoisotopic (exact) mass is 282 g/mol. The number of azo groups is 1. The first kappa shape index (κ1) is 15.1. The highest BCUT2D eigenvalue weighted by Crippen LogP contribution is 2.31. The third-order valence-corrected chi connectivity index (χ3v) is 2.03. The van der Waals surface area contributed by atoms with Gasteiger partial charge in [0.25, 0.3) is 5.69 Å². The van der Waals surface area contributed by atoms with Gasteiger partial charge >= 0.3 is 11.7 Å². The molecule has 0 spiro atoms. The van der Waals surface area contributed by atoms with Gasteiger partial charge in [0.2, 0.25) is 6.23 Å². The van der Waals surface area contributed by atoms with Crippen LogP contribution in [0.4, 0.5) is 17.1 Å². The number of carbonyl (C=O) groups excluding carboxylic acids is 1. The van der Waals surface area contributed by atoms with Crippen molar-refractivity contribution >= 4 is 23.0 Å². The number of nitrogens with zero attached hydrogens (tertiary/aromatic N) is 4. The van der Waals surface area contributed by atoms with E-state index >= 15 is 0 Å². The van der Waals surface area contributed by atoms with E-state index in [0.717, 1.165) is 18.2 Å². The first-order valence-electron chi connectivity index (χ1n) is 5.32. The normalized spacial score (nSPS) is 12.1. The van der Waals surface area contributed by atoms with E-state index in [4.69, 9.17) is 0 Å². The van der Waals surface area contributed by atoms with Gasteiger partial charge in [0.15, 0.2) is 5.69 Å². The van der Waals surface area contributed by atoms with Gasteiger partial charge in [-0.15, -0.1) is 10.2 Å². The largest absolute Gasteiger partial charge is 0.439 e. The predicted molar refractivity (Wildman–Crippen MR) is 65.5 cm³/mol. The molecule has 0 fully saturated rings. The number of rotatable bonds is 5. The minimum absolute atomic E-state index is 0.167. The Bertz CT molecular complexity index is 585. The van der Waals surface area contributed by atoms with Gasteiger partial charge in [-0.2, -0.15) is 0 Å². The summed E-state index contributed by atoms with van der Waals surface area (Å²) >= 11 is 0. The van der Waals surface area contributed by atoms with E-state index in [9.17, 15) is 25.0 Å². The first-order valence-corrected chi connectivity index (χ1v) is 5.32. The van der Waals surface area contributed by atoms with Crippen LogP contribution in [0.5, 0.6) is 0 Å². The van der Waals surface area contributed by atoms with Crippen LogP contribution in [-0.2, 0) is 9.53 Å². The van der Waals surface area contributed by atoms with Crippen molar-refractivity contribution < 1.29 is 19.4 Å². The molecule has 20 heavy (non-hydrogen) atoms. The van der Waals surface area contributed by atoms with Crippen molar-refractivity contribution in [2.24, 2.45) is 10.2 Å². The fourth-order valence-electron chi connectivity index (χ4n) is 1.26. The van der Waals surface area contributed by atoms with Crippen LogP contribution in [0.25, 0.3) is 0 Å². The molecular weight excluding hydrogens is 272 g/mol. The number of benzene rings is 1. The number of non-ortho nitro benzene ring substituents is 1. The second kappa shape index (κ2) is 6.31. The Kier molecular flexibility index (Phi) is 4.78. The van der Waals surface area contributed by atoms with Gasteiger partial charge in [-0.25, -0.2) is 0 Å². The number of nitro groups is 2. The number of esters is 1. The third-order valence-electron chi connectivity index (χ3n) is 2.03. The summed E-state index contributed by atoms with van der Waals surface area (Å²) in [6.45, 7) is 2.60. The highest BCUT2D eigenvalue weighted by molar-refractivity contribution is 5.66. The lowest BCUT2D eigenvalue weighted by Crippen LogP contribution is -2.08. The molecule has 1 aromatic rings. The molecule has 1 aromatic carbocycles. The lowest BCUT2D eigenvalue weighted by molar-refractivity contribution is -0.393. The Hall–Kier alpha value is -2.91. The fourth-order valence-corrected chi connectivity index (χ4v) is 1.26. The molecule has 10 nitrogen and oxygen atoms in total. The maximum absolute atomic E-state index is 10.8. The summed E-state index contributed by atoms with van der Waals surface area (Å²) in [6, 6.07) is 2.95. The van der Waals surface area contributed by atoms with E-state index in [2.05, 4.69) is 15.0 Å². The van der Waals surface area contributed by atoms with Crippen LogP contribution < -0.4 is 0 Å². The lowest BCUT2D eigenvalue weighted by atomic mass is 10.2. The second-order valence-electron chi connectivity index (χ2n) is 3.61. The number of hydrogen-bond acceptors (Lipinski definition) is 8. The minimum Gasteiger partial charge on any atom is -0.439 e. The third kappa shape index (κ3) is 4.08. The molecule has 1 atom stereocenters. The van der Waals surface area contributed by atoms with Crippen molar-refractivity contribution in [1.29, 1.82) is 0 Å². The molecule has 0 saturated heterocycles. The highest BCUT2D eigenvalue weighted by Gasteiger charge is 2.19. The highest BCUT2D eigenvalue weighted by atomic mass is 16.6. The van der Waals surface area contributed by atoms with Gasteiger partial charge in [-0.1, -0.05) is 0 Å². The maximum atomic E-state index is 10.8. The van der Waals surface area contributed by atoms with Crippen molar-refractivity contribution in [3.05, 3.63) is 38.4 Å². The number of hydrogen-bond donors (Lipinski definition) is 0. The Morgan fingerprint density at radius 1 is 1.30 bits per heavy atom. The van der Waals surface area contributed by atoms with Crippen LogP contribution in [0.15, 0.2) is 28.4 Å². The summed E-state index contributed by atoms with van der Waals surface area (Å²) in [5, 5.41) is 28.5. The zero-order valence-corrected chi connectivity index (χ0v) is 10.5. The second-order valence-corrected chi connectivity index (χ2v) is 3.61. The molecule has 0 aliphatic heterocycles. The quantitative estimate of drug-likeness (QED) is 0.352. The van der Waals surface area contributed by atoms with E-state index in [1.54, 1.807) is 0 Å². The van der Waals surface area contributed by atoms with Crippen molar-refractivity contribution in [3.8, 4) is 0 Å². The molecule has 0 radical (unpaired) electrons. The SMILES string of the molecule is CC(=O)OC(C)N=Nc1ccc([N+](=O)[O-])cc1[N+](=O)[O-]. The maximum Gasteiger partial charge on any atom is 0.304 e. The summed E-state index contributed by atoms with van der Waals surface area (Å²) < 4.78 is 4.66. The summed E-state index contributed by atoms with van der Waals surface area (Å²) in [7, 11) is 0. The van der Waals surface area contributed by atoms with Crippen molar-refractivity contribution in [3.63, 3.8) is 0 Å². The van der Waals surface area contributed by atoms with E-state index in [1.165, 1.54) is 13.8 Å². The van der Waals surface area contributed by atoms with Gasteiger partial charge in [-0.3, -0.25) is 25.0 Å². The summed E-state index contributed by atoms with van der Waals surface area (Å²) in [6.07, 6.45) is -0.915. The first-order chi connectivity index (χ1) is 9.31. The van der Waals surface area contributed by atoms with Crippen LogP contribution in [-0.4, -0.2) is 22.0 Å². The van der Waals surface area contributed by atoms with Crippen LogP contribution in [0.3, 0.4) is 0 Å². The van der Waals surface area contributed by atoms with Crippen molar-refractivity contribution in [2.75, 3.05) is 0 Å². The van der Waals surface area contributed by atoms with Gasteiger partial charge < -0.3 is 4.74 Å². The molecule has 0 N–H and O–H groups in total. The van der Waals surface area contributed by atoms with Crippen molar-refractivity contribution in [2.45, 2.75) is 20.1 Å². The van der Waals surface area contributed by atoms with Crippen LogP contribution in [0.1, 0.15) is 13.8 Å². The van der Waals surface area contributed by atoms with Gasteiger partial charge in [0.05, 0.1) is 15.9 Å². The molecule has 0 saturated carbocycles. The van der Waals surface area contributed by atoms with E-state index in [-0.39, 0.29) is 5.69 Å². The molecule has 0 heterocycles. The Labute approximate surface area is 112 Å². The molecule has 0 aliphatic rings. The minimum atomic E-state index is -0.915. The van der Waals surface area contributed by atoms with E-state index < -0.39 is 33.4 Å². The molecule has 0 bridgehead atoms. The fraction of sp³-hybridized carbons (Fsp3) is 0.300. The number of carbonyl (C=O) groups is 1. The smallest absolute Gasteiger partial charge is 0.304 e. The molecule has 106 valence electrons. The zero-order valence-electron chi connectivity index (χ0n) is 10.5. The zero-order chi connectivity index (χ0) is 15.3. The molecule has 0 amide bonds. The van der Waals surface area contributed by atoms with E-state index in [1.807, 2.05) is 0 Å². The van der Waals surface area contributed by atoms with Gasteiger partial charge in [0, 0.05) is 13.0 Å². The lowest BCUT2D eigenvalue weighted by Gasteiger charge is -2.04. The van der Waals surface area contributed by atoms with Crippen molar-refractivity contribution in [1.82, 2.24) is 0 Å². The van der Waals surface area contributed by atoms with Gasteiger partial charge in [0.1, 0.15) is 0 Å². The predicted octanol–water partition coefficient (Wildman–Crippen LogP) is 2.50. The Balaban J connectivity index is 3.06. The van der Waals surface area contributed by atoms with Crippen LogP contribution in [0, 0.1) is 20.2 Å². The molecule has 0 aromatic heterocycles. The Morgan fingerprint density at radius 3 is 2.45 bits per heavy atom. The summed E-state index contributed by atoms with van der Waals surface area (Å²) in [5.74, 6) is -0.574. The topological polar surface area (TPSA) is 137 Å². The van der Waals surface area contributed by atoms with Crippen LogP contribution >= 0.6 is 0 Å². The standard InChI is InChI=1S/C10H10N4O6/c1-6(20-7(2)15)11-12-9-4-3-8(13(16)17)5-10(9)14(18)19/h3-6H,1-2H3. The molecule has 0 aliphatic carbocycles. The molecular formula is C10H10N4O6. The van der Waals surface area contributed by atoms with Gasteiger partial charge in [-0.05, 0) is 13.0 Å². The molecule has 1 rings (SSSR count). The number of ether oxygens (including phenoxy) is 1. The Morgan fingerprint density at radius 2 is 1.95 bits per heavy atom. The van der Waals surface area contributed by atoms with Crippen LogP contribution in [0.2, 0.25) is 0 Å². The molecule has 1 unspecified atom stereocenters. The number of nitro benzene ring substituents is 2. The summed E-state index contributed by atoms with van der Waals surface area (Å²) in [5.41, 5.74) is -1.15.